The summed E-state index contributed by atoms with van der Waals surface area (Å²) in [4.78, 5) is 30.0. The van der Waals surface area contributed by atoms with Crippen molar-refractivity contribution in [2.45, 2.75) is 50.0 Å². The molecule has 0 radical (unpaired) electrons. The summed E-state index contributed by atoms with van der Waals surface area (Å²) in [6.45, 7) is 2.45. The van der Waals surface area contributed by atoms with Gasteiger partial charge in [-0.15, -0.1) is 0 Å². The minimum Gasteiger partial charge on any atom is -0.438 e. The van der Waals surface area contributed by atoms with Crippen LogP contribution < -0.4 is 5.14 Å². The fraction of sp³-hybridized carbons (Fsp3) is 0.526. The number of amides is 2. The molecule has 2 aromatic rings. The summed E-state index contributed by atoms with van der Waals surface area (Å²) in [5, 5.41) is 15.3. The monoisotopic (exact) mass is 438 g/mol. The third kappa shape index (κ3) is 4.79. The van der Waals surface area contributed by atoms with Gasteiger partial charge in [0.2, 0.25) is 28.2 Å². The molecule has 0 saturated carbocycles. The van der Waals surface area contributed by atoms with Crippen molar-refractivity contribution in [3.05, 3.63) is 24.1 Å². The van der Waals surface area contributed by atoms with E-state index in [0.717, 1.165) is 19.3 Å². The number of aromatic nitrogens is 1. The van der Waals surface area contributed by atoms with Gasteiger partial charge in [-0.05, 0) is 37.5 Å². The molecule has 1 aliphatic rings. The van der Waals surface area contributed by atoms with E-state index >= 15 is 0 Å². The van der Waals surface area contributed by atoms with E-state index in [-0.39, 0.29) is 23.8 Å². The van der Waals surface area contributed by atoms with Gasteiger partial charge in [0.15, 0.2) is 5.58 Å². The molecule has 0 aliphatic carbocycles. The van der Waals surface area contributed by atoms with Crippen molar-refractivity contribution in [2.75, 3.05) is 13.1 Å². The van der Waals surface area contributed by atoms with Crippen LogP contribution in [-0.4, -0.2) is 54.0 Å². The zero-order valence-corrected chi connectivity index (χ0v) is 17.5. The van der Waals surface area contributed by atoms with Gasteiger partial charge >= 0.3 is 0 Å². The third-order valence-corrected chi connectivity index (χ3v) is 6.22. The summed E-state index contributed by atoms with van der Waals surface area (Å²) in [7, 11) is -3.87. The third-order valence-electron chi connectivity index (χ3n) is 5.31. The molecule has 11 heteroatoms. The number of hydrogen-bond donors (Lipinski definition) is 2. The summed E-state index contributed by atoms with van der Waals surface area (Å²) in [5.74, 6) is -0.369. The van der Waals surface area contributed by atoms with Gasteiger partial charge in [0, 0.05) is 6.54 Å². The summed E-state index contributed by atoms with van der Waals surface area (Å²) in [6.07, 6.45) is 3.93. The molecule has 1 aromatic carbocycles. The molecule has 2 atom stereocenters. The molecular weight excluding hydrogens is 412 g/mol. The summed E-state index contributed by atoms with van der Waals surface area (Å²) < 4.78 is 29.0. The molecule has 10 nitrogen and oxygen atoms in total. The van der Waals surface area contributed by atoms with Gasteiger partial charge in [-0.1, -0.05) is 19.8 Å². The molecule has 0 spiro atoms. The molecule has 1 saturated heterocycles. The number of hydroxylamine groups is 2. The molecule has 0 unspecified atom stereocenters. The Morgan fingerprint density at radius 2 is 2.27 bits per heavy atom. The molecule has 2 amide bonds. The van der Waals surface area contributed by atoms with Gasteiger partial charge in [0.1, 0.15) is 11.6 Å². The molecule has 3 N–H and O–H groups in total. The lowest BCUT2D eigenvalue weighted by Gasteiger charge is -2.28. The van der Waals surface area contributed by atoms with E-state index in [1.807, 2.05) is 6.92 Å². The maximum absolute atomic E-state index is 13.2. The summed E-state index contributed by atoms with van der Waals surface area (Å²) in [5.41, 5.74) is 0.752. The number of fused-ring (bicyclic) bond motifs is 1. The maximum atomic E-state index is 13.2. The zero-order chi connectivity index (χ0) is 21.9. The topological polar surface area (TPSA) is 147 Å². The number of sulfonamides is 1. The van der Waals surface area contributed by atoms with Crippen LogP contribution >= 0.6 is 0 Å². The molecule has 30 heavy (non-hydrogen) atoms. The Kier molecular flexibility index (Phi) is 6.74. The Labute approximate surface area is 174 Å². The number of nitrogens with two attached hydrogens (primary N) is 1. The number of primary sulfonamides is 1. The van der Waals surface area contributed by atoms with Crippen LogP contribution in [0.1, 0.15) is 51.0 Å². The number of benzene rings is 1. The number of likely N-dealkylation sites (tertiary alicyclic amines) is 1. The van der Waals surface area contributed by atoms with E-state index in [2.05, 4.69) is 4.98 Å². The first-order chi connectivity index (χ1) is 14.2. The number of unbranched alkanes of at least 4 members (excludes halogenated alkanes) is 1. The van der Waals surface area contributed by atoms with E-state index in [9.17, 15) is 23.2 Å². The highest BCUT2D eigenvalue weighted by molar-refractivity contribution is 7.89. The Morgan fingerprint density at radius 1 is 1.50 bits per heavy atom. The zero-order valence-electron chi connectivity index (χ0n) is 16.7. The lowest BCUT2D eigenvalue weighted by Crippen LogP contribution is -2.40. The molecule has 1 fully saturated rings. The van der Waals surface area contributed by atoms with Gasteiger partial charge in [0.25, 0.3) is 0 Å². The van der Waals surface area contributed by atoms with Gasteiger partial charge in [0.05, 0.1) is 17.4 Å². The second kappa shape index (κ2) is 9.11. The van der Waals surface area contributed by atoms with Crippen LogP contribution in [0.25, 0.3) is 11.1 Å². The van der Waals surface area contributed by atoms with Gasteiger partial charge in [-0.3, -0.25) is 14.8 Å². The van der Waals surface area contributed by atoms with Gasteiger partial charge < -0.3 is 9.32 Å². The summed E-state index contributed by atoms with van der Waals surface area (Å²) in [6, 6.07) is 3.79. The minimum absolute atomic E-state index is 0.0641. The van der Waals surface area contributed by atoms with E-state index in [1.165, 1.54) is 18.2 Å². The lowest BCUT2D eigenvalue weighted by molar-refractivity contribution is -0.157. The van der Waals surface area contributed by atoms with Crippen molar-refractivity contribution >= 4 is 33.4 Å². The van der Waals surface area contributed by atoms with E-state index in [4.69, 9.17) is 9.56 Å². The molecule has 164 valence electrons. The molecule has 1 aliphatic heterocycles. The quantitative estimate of drug-likeness (QED) is 0.344. The van der Waals surface area contributed by atoms with Crippen LogP contribution in [0.4, 0.5) is 0 Å². The smallest absolute Gasteiger partial charge is 0.238 e. The Balaban J connectivity index is 1.86. The summed E-state index contributed by atoms with van der Waals surface area (Å²) >= 11 is 0. The fourth-order valence-electron chi connectivity index (χ4n) is 3.78. The molecule has 1 aromatic heterocycles. The number of carbonyl (C=O) groups is 2. The van der Waals surface area contributed by atoms with Crippen LogP contribution in [0.2, 0.25) is 0 Å². The number of nitrogens with zero attached hydrogens (tertiary/aromatic N) is 3. The SMILES string of the molecule is CCCC[C@H](CN(O)C=O)C(=O)N1CCC[C@H]1c1nc2cc(S(N)(=O)=O)ccc2o1. The van der Waals surface area contributed by atoms with Crippen LogP contribution in [0, 0.1) is 5.92 Å². The normalized spacial score (nSPS) is 18.0. The van der Waals surface area contributed by atoms with Gasteiger partial charge in [-0.2, -0.15) is 0 Å². The van der Waals surface area contributed by atoms with E-state index in [1.54, 1.807) is 4.90 Å². The van der Waals surface area contributed by atoms with Crippen molar-refractivity contribution in [1.82, 2.24) is 14.9 Å². The van der Waals surface area contributed by atoms with E-state index < -0.39 is 22.0 Å². The first kappa shape index (κ1) is 22.2. The van der Waals surface area contributed by atoms with Crippen LogP contribution in [0.3, 0.4) is 0 Å². The number of hydrogen-bond acceptors (Lipinski definition) is 7. The highest BCUT2D eigenvalue weighted by Crippen LogP contribution is 2.35. The average Bonchev–Trinajstić information content (AvgIpc) is 3.35. The molecule has 0 bridgehead atoms. The number of carbonyl (C=O) groups excluding carboxylic acids is 2. The maximum Gasteiger partial charge on any atom is 0.238 e. The number of rotatable bonds is 9. The highest BCUT2D eigenvalue weighted by atomic mass is 32.2. The van der Waals surface area contributed by atoms with Gasteiger partial charge in [-0.25, -0.2) is 23.6 Å². The predicted octanol–water partition coefficient (Wildman–Crippen LogP) is 1.79. The van der Waals surface area contributed by atoms with Crippen LogP contribution in [-0.2, 0) is 19.6 Å². The van der Waals surface area contributed by atoms with Crippen molar-refractivity contribution in [1.29, 1.82) is 0 Å². The first-order valence-corrected chi connectivity index (χ1v) is 11.4. The second-order valence-corrected chi connectivity index (χ2v) is 9.04. The largest absolute Gasteiger partial charge is 0.438 e. The average molecular weight is 439 g/mol. The molecule has 3 rings (SSSR count). The highest BCUT2D eigenvalue weighted by Gasteiger charge is 2.37. The fourth-order valence-corrected chi connectivity index (χ4v) is 4.31. The number of oxazole rings is 1. The van der Waals surface area contributed by atoms with Crippen molar-refractivity contribution < 1.29 is 27.6 Å². The molecule has 2 heterocycles. The van der Waals surface area contributed by atoms with Crippen molar-refractivity contribution in [3.63, 3.8) is 0 Å². The van der Waals surface area contributed by atoms with Crippen molar-refractivity contribution in [2.24, 2.45) is 11.1 Å². The first-order valence-electron chi connectivity index (χ1n) is 9.89. The Morgan fingerprint density at radius 3 is 2.93 bits per heavy atom. The predicted molar refractivity (Wildman–Crippen MR) is 107 cm³/mol. The standard InChI is InChI=1S/C19H26N4O6S/c1-2-3-5-13(11-22(26)12-24)19(25)23-9-4-6-16(23)18-21-15-10-14(30(20,27)28)7-8-17(15)29-18/h7-8,10,12-13,16,26H,2-6,9,11H2,1H3,(H2,20,27,28)/t13-,16+/m1/s1. The lowest BCUT2D eigenvalue weighted by atomic mass is 9.99. The molecular formula is C19H26N4O6S. The van der Waals surface area contributed by atoms with Crippen LogP contribution in [0.15, 0.2) is 27.5 Å². The minimum atomic E-state index is -3.87. The van der Waals surface area contributed by atoms with Crippen LogP contribution in [0.5, 0.6) is 0 Å². The van der Waals surface area contributed by atoms with Crippen molar-refractivity contribution in [3.8, 4) is 0 Å². The van der Waals surface area contributed by atoms with E-state index in [0.29, 0.717) is 41.4 Å². The Bertz CT molecular complexity index is 1020. The Hall–Kier alpha value is -2.50. The second-order valence-electron chi connectivity index (χ2n) is 7.48.